The second-order valence-corrected chi connectivity index (χ2v) is 6.62. The average molecular weight is 395 g/mol. The Kier molecular flexibility index (Phi) is 4.45. The van der Waals surface area contributed by atoms with Crippen molar-refractivity contribution in [2.24, 2.45) is 0 Å². The van der Waals surface area contributed by atoms with E-state index in [2.05, 4.69) is 45.8 Å². The van der Waals surface area contributed by atoms with Gasteiger partial charge in [0.2, 0.25) is 5.95 Å². The summed E-state index contributed by atoms with van der Waals surface area (Å²) in [5.74, 6) is 2.24. The smallest absolute Gasteiger partial charge is 0.229 e. The normalized spacial score (nSPS) is 10.8. The van der Waals surface area contributed by atoms with E-state index >= 15 is 0 Å². The number of benzene rings is 1. The topological polar surface area (TPSA) is 117 Å². The maximum Gasteiger partial charge on any atom is 0.229 e. The van der Waals surface area contributed by atoms with E-state index in [0.717, 1.165) is 28.0 Å². The molecule has 3 N–H and O–H groups in total. The van der Waals surface area contributed by atoms with Gasteiger partial charge in [0.1, 0.15) is 17.3 Å². The number of aromatic nitrogens is 7. The van der Waals surface area contributed by atoms with Gasteiger partial charge in [-0.3, -0.25) is 5.10 Å². The highest BCUT2D eigenvalue weighted by Crippen LogP contribution is 2.21. The molecule has 0 saturated heterocycles. The minimum absolute atomic E-state index is 0.470. The molecular formula is C21H17N9. The predicted molar refractivity (Wildman–Crippen MR) is 115 cm³/mol. The number of hydrogen-bond donors (Lipinski definition) is 3. The van der Waals surface area contributed by atoms with E-state index in [1.54, 1.807) is 30.7 Å². The molecular weight excluding hydrogens is 378 g/mol. The number of aromatic amines is 1. The predicted octanol–water partition coefficient (Wildman–Crippen LogP) is 4.00. The Hall–Kier alpha value is -4.40. The molecule has 0 fully saturated rings. The molecule has 146 valence electrons. The van der Waals surface area contributed by atoms with E-state index in [0.29, 0.717) is 23.4 Å². The lowest BCUT2D eigenvalue weighted by Crippen LogP contribution is -2.02. The lowest BCUT2D eigenvalue weighted by atomic mass is 10.2. The molecule has 0 spiro atoms. The Bertz CT molecular complexity index is 1330. The molecule has 0 amide bonds. The number of nitrogens with zero attached hydrogens (tertiary/aromatic N) is 6. The second kappa shape index (κ2) is 7.55. The van der Waals surface area contributed by atoms with E-state index in [1.165, 1.54) is 0 Å². The van der Waals surface area contributed by atoms with E-state index in [9.17, 15) is 0 Å². The molecule has 0 atom stereocenters. The van der Waals surface area contributed by atoms with Crippen molar-refractivity contribution in [2.75, 3.05) is 10.6 Å². The Morgan fingerprint density at radius 3 is 2.60 bits per heavy atom. The molecule has 9 nitrogen and oxygen atoms in total. The largest absolute Gasteiger partial charge is 0.325 e. The van der Waals surface area contributed by atoms with Crippen molar-refractivity contribution in [3.63, 3.8) is 0 Å². The molecule has 5 rings (SSSR count). The van der Waals surface area contributed by atoms with Crippen molar-refractivity contribution in [1.29, 1.82) is 0 Å². The van der Waals surface area contributed by atoms with Gasteiger partial charge in [-0.1, -0.05) is 6.07 Å². The number of hydrogen-bond acceptors (Lipinski definition) is 8. The number of fused-ring (bicyclic) bond motifs is 1. The van der Waals surface area contributed by atoms with Crippen molar-refractivity contribution in [2.45, 2.75) is 6.92 Å². The Morgan fingerprint density at radius 2 is 1.70 bits per heavy atom. The van der Waals surface area contributed by atoms with Crippen LogP contribution in [0.4, 0.5) is 23.3 Å². The molecule has 5 aromatic rings. The van der Waals surface area contributed by atoms with Crippen LogP contribution in [0.25, 0.3) is 22.4 Å². The van der Waals surface area contributed by atoms with Gasteiger partial charge in [0.15, 0.2) is 5.82 Å². The molecule has 30 heavy (non-hydrogen) atoms. The van der Waals surface area contributed by atoms with Gasteiger partial charge >= 0.3 is 0 Å². The van der Waals surface area contributed by atoms with Gasteiger partial charge in [0.05, 0.1) is 11.7 Å². The van der Waals surface area contributed by atoms with Gasteiger partial charge in [-0.25, -0.2) is 19.9 Å². The molecule has 0 saturated carbocycles. The lowest BCUT2D eigenvalue weighted by Gasteiger charge is -2.09. The number of rotatable bonds is 5. The van der Waals surface area contributed by atoms with Crippen LogP contribution < -0.4 is 10.6 Å². The molecule has 0 unspecified atom stereocenters. The van der Waals surface area contributed by atoms with Crippen molar-refractivity contribution in [3.05, 3.63) is 72.8 Å². The van der Waals surface area contributed by atoms with Gasteiger partial charge < -0.3 is 10.6 Å². The third-order valence-electron chi connectivity index (χ3n) is 4.38. The summed E-state index contributed by atoms with van der Waals surface area (Å²) < 4.78 is 0. The number of aryl methyl sites for hydroxylation is 1. The fourth-order valence-electron chi connectivity index (χ4n) is 2.99. The zero-order valence-electron chi connectivity index (χ0n) is 16.0. The van der Waals surface area contributed by atoms with E-state index < -0.39 is 0 Å². The maximum absolute atomic E-state index is 4.55. The van der Waals surface area contributed by atoms with Crippen LogP contribution in [0.5, 0.6) is 0 Å². The van der Waals surface area contributed by atoms with Crippen molar-refractivity contribution in [3.8, 4) is 11.5 Å². The van der Waals surface area contributed by atoms with Crippen LogP contribution in [0.15, 0.2) is 67.1 Å². The highest BCUT2D eigenvalue weighted by atomic mass is 15.2. The zero-order valence-corrected chi connectivity index (χ0v) is 16.0. The molecule has 0 aliphatic carbocycles. The Morgan fingerprint density at radius 1 is 0.833 bits per heavy atom. The number of pyridine rings is 1. The summed E-state index contributed by atoms with van der Waals surface area (Å²) in [6.07, 6.45) is 5.14. The quantitative estimate of drug-likeness (QED) is 0.409. The molecule has 4 heterocycles. The Labute approximate surface area is 171 Å². The highest BCUT2D eigenvalue weighted by Gasteiger charge is 2.07. The van der Waals surface area contributed by atoms with Crippen molar-refractivity contribution in [1.82, 2.24) is 35.1 Å². The molecule has 4 aromatic heterocycles. The van der Waals surface area contributed by atoms with Gasteiger partial charge in [0.25, 0.3) is 0 Å². The molecule has 0 radical (unpaired) electrons. The first-order valence-electron chi connectivity index (χ1n) is 9.30. The molecule has 0 aliphatic rings. The molecule has 1 aromatic carbocycles. The maximum atomic E-state index is 4.55. The van der Waals surface area contributed by atoms with Gasteiger partial charge in [0, 0.05) is 29.2 Å². The summed E-state index contributed by atoms with van der Waals surface area (Å²) in [6, 6.07) is 15.2. The summed E-state index contributed by atoms with van der Waals surface area (Å²) in [7, 11) is 0. The molecule has 0 bridgehead atoms. The third kappa shape index (κ3) is 3.76. The zero-order chi connectivity index (χ0) is 20.3. The fourth-order valence-corrected chi connectivity index (χ4v) is 2.99. The minimum Gasteiger partial charge on any atom is -0.325 e. The summed E-state index contributed by atoms with van der Waals surface area (Å²) in [4.78, 5) is 22.1. The lowest BCUT2D eigenvalue weighted by molar-refractivity contribution is 1.11. The Balaban J connectivity index is 1.36. The summed E-state index contributed by atoms with van der Waals surface area (Å²) in [5.41, 5.74) is 3.48. The number of H-pyrrole nitrogens is 1. The summed E-state index contributed by atoms with van der Waals surface area (Å²) in [5, 5.41) is 14.4. The SMILES string of the molecule is Cc1cccc(-c2nccc(Nc3ccnc(Nc4ccc5[nH]ncc5c4)n3)n2)n1. The highest BCUT2D eigenvalue weighted by molar-refractivity contribution is 5.82. The van der Waals surface area contributed by atoms with Crippen LogP contribution in [-0.2, 0) is 0 Å². The van der Waals surface area contributed by atoms with Crippen LogP contribution in [0.3, 0.4) is 0 Å². The summed E-state index contributed by atoms with van der Waals surface area (Å²) >= 11 is 0. The van der Waals surface area contributed by atoms with Crippen LogP contribution in [0.2, 0.25) is 0 Å². The van der Waals surface area contributed by atoms with E-state index in [-0.39, 0.29) is 0 Å². The number of nitrogens with one attached hydrogen (secondary N) is 3. The molecule has 9 heteroatoms. The average Bonchev–Trinajstić information content (AvgIpc) is 3.22. The van der Waals surface area contributed by atoms with Gasteiger partial charge in [-0.2, -0.15) is 10.1 Å². The van der Waals surface area contributed by atoms with Gasteiger partial charge in [-0.05, 0) is 49.4 Å². The minimum atomic E-state index is 0.470. The third-order valence-corrected chi connectivity index (χ3v) is 4.38. The van der Waals surface area contributed by atoms with Crippen LogP contribution >= 0.6 is 0 Å². The molecule has 0 aliphatic heterocycles. The second-order valence-electron chi connectivity index (χ2n) is 6.62. The van der Waals surface area contributed by atoms with E-state index in [1.807, 2.05) is 43.3 Å². The van der Waals surface area contributed by atoms with Crippen LogP contribution in [0, 0.1) is 6.92 Å². The standard InChI is InChI=1S/C21H17N9/c1-13-3-2-4-17(25-13)20-22-9-7-18(28-20)27-19-8-10-23-21(29-19)26-15-5-6-16-14(11-15)12-24-30-16/h2-12H,1H3,(H,24,30)(H2,22,23,26,27,28,29). The van der Waals surface area contributed by atoms with Crippen LogP contribution in [0.1, 0.15) is 5.69 Å². The number of anilines is 4. The van der Waals surface area contributed by atoms with Crippen molar-refractivity contribution < 1.29 is 0 Å². The monoisotopic (exact) mass is 395 g/mol. The van der Waals surface area contributed by atoms with Crippen molar-refractivity contribution >= 4 is 34.2 Å². The fraction of sp³-hybridized carbons (Fsp3) is 0.0476. The first kappa shape index (κ1) is 17.7. The summed E-state index contributed by atoms with van der Waals surface area (Å²) in [6.45, 7) is 1.94. The van der Waals surface area contributed by atoms with Gasteiger partial charge in [-0.15, -0.1) is 0 Å². The van der Waals surface area contributed by atoms with Crippen LogP contribution in [-0.4, -0.2) is 35.1 Å². The van der Waals surface area contributed by atoms with E-state index in [4.69, 9.17) is 0 Å². The first-order valence-corrected chi connectivity index (χ1v) is 9.30. The first-order chi connectivity index (χ1) is 14.7.